The summed E-state index contributed by atoms with van der Waals surface area (Å²) >= 11 is 0. The third-order valence-electron chi connectivity index (χ3n) is 5.50. The van der Waals surface area contributed by atoms with Crippen molar-refractivity contribution in [2.75, 3.05) is 20.2 Å². The van der Waals surface area contributed by atoms with Crippen LogP contribution in [0, 0.1) is 13.8 Å². The van der Waals surface area contributed by atoms with Gasteiger partial charge in [-0.05, 0) is 57.4 Å². The van der Waals surface area contributed by atoms with Crippen molar-refractivity contribution in [3.05, 3.63) is 52.3 Å². The summed E-state index contributed by atoms with van der Waals surface area (Å²) in [6.45, 7) is 5.55. The molecule has 172 valence electrons. The van der Waals surface area contributed by atoms with Gasteiger partial charge in [0.2, 0.25) is 15.8 Å². The lowest BCUT2D eigenvalue weighted by molar-refractivity contribution is 0.0316. The maximum atomic E-state index is 12.8. The zero-order chi connectivity index (χ0) is 23.6. The second kappa shape index (κ2) is 9.25. The van der Waals surface area contributed by atoms with Gasteiger partial charge < -0.3 is 14.5 Å². The number of benzene rings is 1. The number of nitrogens with zero attached hydrogens (tertiary/aromatic N) is 1. The molecule has 0 amide bonds. The zero-order valence-corrected chi connectivity index (χ0v) is 19.2. The van der Waals surface area contributed by atoms with Gasteiger partial charge in [0.15, 0.2) is 6.10 Å². The summed E-state index contributed by atoms with van der Waals surface area (Å²) in [6, 6.07) is 5.58. The Labute approximate surface area is 186 Å². The zero-order valence-electron chi connectivity index (χ0n) is 18.4. The first-order chi connectivity index (χ1) is 15.1. The first-order valence-electron chi connectivity index (χ1n) is 10.2. The number of hydrogen-bond donors (Lipinski definition) is 1. The van der Waals surface area contributed by atoms with E-state index in [2.05, 4.69) is 4.98 Å². The Bertz CT molecular complexity index is 1160. The quantitative estimate of drug-likeness (QED) is 0.496. The van der Waals surface area contributed by atoms with Crippen molar-refractivity contribution in [3.63, 3.8) is 0 Å². The molecule has 1 aromatic carbocycles. The van der Waals surface area contributed by atoms with E-state index in [1.54, 1.807) is 13.8 Å². The fourth-order valence-corrected chi connectivity index (χ4v) is 5.31. The number of ether oxygens (including phenoxy) is 2. The van der Waals surface area contributed by atoms with Crippen molar-refractivity contribution in [1.29, 1.82) is 0 Å². The number of Topliss-reactive ketones (excluding diaryl/α,β-unsaturated/α-hetero) is 1. The number of aromatic nitrogens is 1. The third-order valence-corrected chi connectivity index (χ3v) is 7.39. The van der Waals surface area contributed by atoms with E-state index in [0.717, 1.165) is 12.8 Å². The van der Waals surface area contributed by atoms with Crippen LogP contribution in [0.25, 0.3) is 0 Å². The van der Waals surface area contributed by atoms with E-state index in [9.17, 15) is 22.8 Å². The number of nitrogens with one attached hydrogen (secondary N) is 1. The van der Waals surface area contributed by atoms with E-state index in [4.69, 9.17) is 9.47 Å². The van der Waals surface area contributed by atoms with E-state index < -0.39 is 33.8 Å². The molecule has 1 fully saturated rings. The van der Waals surface area contributed by atoms with Crippen LogP contribution in [0.15, 0.2) is 29.2 Å². The summed E-state index contributed by atoms with van der Waals surface area (Å²) < 4.78 is 36.9. The van der Waals surface area contributed by atoms with Gasteiger partial charge in [0, 0.05) is 18.8 Å². The lowest BCUT2D eigenvalue weighted by atomic mass is 10.1. The second-order valence-electron chi connectivity index (χ2n) is 7.67. The lowest BCUT2D eigenvalue weighted by Crippen LogP contribution is -2.28. The molecule has 32 heavy (non-hydrogen) atoms. The molecule has 0 spiro atoms. The molecule has 1 atom stereocenters. The highest BCUT2D eigenvalue weighted by molar-refractivity contribution is 7.89. The number of rotatable bonds is 7. The molecule has 1 saturated heterocycles. The molecule has 0 radical (unpaired) electrons. The van der Waals surface area contributed by atoms with Gasteiger partial charge in [-0.25, -0.2) is 18.0 Å². The Kier molecular flexibility index (Phi) is 6.85. The number of sulfonamides is 1. The van der Waals surface area contributed by atoms with Crippen LogP contribution in [-0.2, 0) is 19.5 Å². The molecule has 3 rings (SSSR count). The molecule has 10 heteroatoms. The monoisotopic (exact) mass is 462 g/mol. The Hall–Kier alpha value is -2.98. The molecule has 1 aromatic heterocycles. The van der Waals surface area contributed by atoms with E-state index in [-0.39, 0.29) is 21.7 Å². The van der Waals surface area contributed by atoms with Crippen LogP contribution in [0.2, 0.25) is 0 Å². The molecule has 0 aliphatic carbocycles. The third kappa shape index (κ3) is 4.46. The molecule has 1 aliphatic rings. The number of H-pyrrole nitrogens is 1. The van der Waals surface area contributed by atoms with Gasteiger partial charge in [-0.3, -0.25) is 4.79 Å². The van der Waals surface area contributed by atoms with Crippen LogP contribution < -0.4 is 0 Å². The molecule has 9 nitrogen and oxygen atoms in total. The predicted molar refractivity (Wildman–Crippen MR) is 115 cm³/mol. The molecule has 1 N–H and O–H groups in total. The first kappa shape index (κ1) is 23.7. The summed E-state index contributed by atoms with van der Waals surface area (Å²) in [5.41, 5.74) is 1.30. The summed E-state index contributed by atoms with van der Waals surface area (Å²) in [7, 11) is -2.44. The van der Waals surface area contributed by atoms with Gasteiger partial charge in [-0.15, -0.1) is 0 Å². The summed E-state index contributed by atoms with van der Waals surface area (Å²) in [6.07, 6.45) is 0.440. The van der Waals surface area contributed by atoms with E-state index >= 15 is 0 Å². The van der Waals surface area contributed by atoms with Crippen LogP contribution in [0.1, 0.15) is 62.2 Å². The van der Waals surface area contributed by atoms with Crippen LogP contribution >= 0.6 is 0 Å². The minimum absolute atomic E-state index is 0.00591. The standard InChI is InChI=1S/C22H26N2O7S/c1-13-18(22(27)30-4)14(2)23-19(13)20(25)15(3)31-21(26)16-8-7-9-17(12-16)32(28,29)24-10-5-6-11-24/h7-9,12,15,23H,5-6,10-11H2,1-4H3. The van der Waals surface area contributed by atoms with Crippen molar-refractivity contribution >= 4 is 27.7 Å². The van der Waals surface area contributed by atoms with Crippen LogP contribution in [0.4, 0.5) is 0 Å². The molecule has 2 aromatic rings. The van der Waals surface area contributed by atoms with Gasteiger partial charge >= 0.3 is 11.9 Å². The normalized spacial score (nSPS) is 15.4. The van der Waals surface area contributed by atoms with Crippen molar-refractivity contribution in [3.8, 4) is 0 Å². The molecule has 0 saturated carbocycles. The number of ketones is 1. The van der Waals surface area contributed by atoms with Gasteiger partial charge in [-0.1, -0.05) is 6.07 Å². The highest BCUT2D eigenvalue weighted by Crippen LogP contribution is 2.23. The summed E-state index contributed by atoms with van der Waals surface area (Å²) in [5, 5.41) is 0. The van der Waals surface area contributed by atoms with Gasteiger partial charge in [0.25, 0.3) is 0 Å². The highest BCUT2D eigenvalue weighted by atomic mass is 32.2. The number of carbonyl (C=O) groups is 3. The first-order valence-corrected chi connectivity index (χ1v) is 11.6. The number of esters is 2. The van der Waals surface area contributed by atoms with Crippen molar-refractivity contribution in [1.82, 2.24) is 9.29 Å². The smallest absolute Gasteiger partial charge is 0.339 e. The largest absolute Gasteiger partial charge is 0.465 e. The molecule has 2 heterocycles. The van der Waals surface area contributed by atoms with Crippen LogP contribution in [0.3, 0.4) is 0 Å². The van der Waals surface area contributed by atoms with Gasteiger partial charge in [-0.2, -0.15) is 4.31 Å². The fourth-order valence-electron chi connectivity index (χ4n) is 3.75. The van der Waals surface area contributed by atoms with E-state index in [1.807, 2.05) is 0 Å². The minimum Gasteiger partial charge on any atom is -0.465 e. The van der Waals surface area contributed by atoms with Crippen molar-refractivity contribution in [2.24, 2.45) is 0 Å². The number of hydrogen-bond acceptors (Lipinski definition) is 7. The summed E-state index contributed by atoms with van der Waals surface area (Å²) in [4.78, 5) is 40.3. The highest BCUT2D eigenvalue weighted by Gasteiger charge is 2.30. The number of aryl methyl sites for hydroxylation is 1. The average molecular weight is 463 g/mol. The minimum atomic E-state index is -3.69. The Morgan fingerprint density at radius 1 is 1.09 bits per heavy atom. The fraction of sp³-hybridized carbons (Fsp3) is 0.409. The average Bonchev–Trinajstić information content (AvgIpc) is 3.41. The SMILES string of the molecule is COC(=O)c1c(C)[nH]c(C(=O)C(C)OC(=O)c2cccc(S(=O)(=O)N3CCCC3)c2)c1C. The predicted octanol–water partition coefficient (Wildman–Crippen LogP) is 2.63. The van der Waals surface area contributed by atoms with Crippen molar-refractivity contribution in [2.45, 2.75) is 44.6 Å². The van der Waals surface area contributed by atoms with Gasteiger partial charge in [0.1, 0.15) is 0 Å². The maximum Gasteiger partial charge on any atom is 0.339 e. The van der Waals surface area contributed by atoms with Gasteiger partial charge in [0.05, 0.1) is 28.8 Å². The number of carbonyl (C=O) groups excluding carboxylic acids is 3. The second-order valence-corrected chi connectivity index (χ2v) is 9.61. The molecule has 0 bridgehead atoms. The molecule has 1 unspecified atom stereocenters. The molecular weight excluding hydrogens is 436 g/mol. The van der Waals surface area contributed by atoms with Crippen molar-refractivity contribution < 1.29 is 32.3 Å². The Morgan fingerprint density at radius 3 is 2.38 bits per heavy atom. The van der Waals surface area contributed by atoms with Crippen LogP contribution in [-0.4, -0.2) is 61.7 Å². The molecule has 1 aliphatic heterocycles. The number of aromatic amines is 1. The number of methoxy groups -OCH3 is 1. The van der Waals surface area contributed by atoms with Crippen LogP contribution in [0.5, 0.6) is 0 Å². The lowest BCUT2D eigenvalue weighted by Gasteiger charge is -2.16. The Balaban J connectivity index is 1.78. The van der Waals surface area contributed by atoms with E-state index in [1.165, 1.54) is 42.6 Å². The Morgan fingerprint density at radius 2 is 1.75 bits per heavy atom. The molecular formula is C22H26N2O7S. The van der Waals surface area contributed by atoms with E-state index in [0.29, 0.717) is 24.3 Å². The summed E-state index contributed by atoms with van der Waals surface area (Å²) in [5.74, 6) is -1.91. The topological polar surface area (TPSA) is 123 Å². The maximum absolute atomic E-state index is 12.8.